The molecule has 7 nitrogen and oxygen atoms in total. The predicted molar refractivity (Wildman–Crippen MR) is 144 cm³/mol. The first-order chi connectivity index (χ1) is 18.2. The van der Waals surface area contributed by atoms with Gasteiger partial charge in [0.05, 0.1) is 18.8 Å². The zero-order valence-corrected chi connectivity index (χ0v) is 21.8. The van der Waals surface area contributed by atoms with Crippen LogP contribution < -0.4 is 14.8 Å². The number of thioether (sulfide) groups is 1. The molecule has 1 aliphatic heterocycles. The normalized spacial score (nSPS) is 16.8. The number of hydrogen-bond donors (Lipinski definition) is 1. The summed E-state index contributed by atoms with van der Waals surface area (Å²) in [5, 5.41) is 2.42. The first-order valence-corrected chi connectivity index (χ1v) is 12.9. The van der Waals surface area contributed by atoms with Crippen molar-refractivity contribution in [2.45, 2.75) is 30.7 Å². The zero-order chi connectivity index (χ0) is 27.1. The lowest BCUT2D eigenvalue weighted by molar-refractivity contribution is -0.129. The van der Waals surface area contributed by atoms with Gasteiger partial charge in [-0.3, -0.25) is 14.5 Å². The Bertz CT molecular complexity index is 1300. The second kappa shape index (κ2) is 12.3. The quantitative estimate of drug-likeness (QED) is 0.306. The molecule has 3 aromatic rings. The highest BCUT2D eigenvalue weighted by Crippen LogP contribution is 2.32. The number of halogens is 3. The number of nitrogens with one attached hydrogen (secondary N) is 1. The van der Waals surface area contributed by atoms with Crippen LogP contribution in [0.2, 0.25) is 0 Å². The Morgan fingerprint density at radius 2 is 1.84 bits per heavy atom. The van der Waals surface area contributed by atoms with Crippen molar-refractivity contribution in [3.63, 3.8) is 0 Å². The van der Waals surface area contributed by atoms with Gasteiger partial charge in [-0.1, -0.05) is 48.2 Å². The largest absolute Gasteiger partial charge is 0.494 e. The van der Waals surface area contributed by atoms with E-state index in [0.717, 1.165) is 17.3 Å². The summed E-state index contributed by atoms with van der Waals surface area (Å²) < 4.78 is 35.7. The molecule has 1 fully saturated rings. The van der Waals surface area contributed by atoms with Crippen LogP contribution in [0.3, 0.4) is 0 Å². The molecule has 2 amide bonds. The molecule has 0 saturated carbocycles. The average molecular weight is 560 g/mol. The Kier molecular flexibility index (Phi) is 8.85. The van der Waals surface area contributed by atoms with E-state index in [4.69, 9.17) is 16.3 Å². The maximum atomic E-state index is 13.2. The van der Waals surface area contributed by atoms with E-state index >= 15 is 0 Å². The van der Waals surface area contributed by atoms with Crippen molar-refractivity contribution in [3.8, 4) is 11.5 Å². The third-order valence-corrected chi connectivity index (χ3v) is 6.59. The number of carbonyl (C=O) groups is 2. The van der Waals surface area contributed by atoms with E-state index in [1.165, 1.54) is 29.2 Å². The van der Waals surface area contributed by atoms with Crippen molar-refractivity contribution in [1.29, 1.82) is 0 Å². The maximum Gasteiger partial charge on any atom is 0.487 e. The summed E-state index contributed by atoms with van der Waals surface area (Å²) in [6.07, 6.45) is -0.0227. The molecule has 1 atom stereocenters. The van der Waals surface area contributed by atoms with Gasteiger partial charge in [0, 0.05) is 29.8 Å². The van der Waals surface area contributed by atoms with E-state index in [-0.39, 0.29) is 30.5 Å². The van der Waals surface area contributed by atoms with Gasteiger partial charge in [-0.2, -0.15) is 0 Å². The molecule has 1 saturated heterocycles. The van der Waals surface area contributed by atoms with Gasteiger partial charge in [-0.25, -0.2) is 4.99 Å². The average Bonchev–Trinajstić information content (AvgIpc) is 2.87. The lowest BCUT2D eigenvalue weighted by Crippen LogP contribution is -2.44. The molecule has 0 aromatic heterocycles. The molecule has 0 bridgehead atoms. The fourth-order valence-corrected chi connectivity index (χ4v) is 4.84. The molecule has 0 radical (unpaired) electrons. The molecule has 0 aliphatic carbocycles. The molecule has 11 heteroatoms. The Labute approximate surface area is 227 Å². The van der Waals surface area contributed by atoms with Crippen LogP contribution in [0.25, 0.3) is 0 Å². The minimum absolute atomic E-state index is 0.0227. The van der Waals surface area contributed by atoms with Crippen molar-refractivity contribution in [3.05, 3.63) is 84.4 Å². The highest BCUT2D eigenvalue weighted by atomic mass is 35.5. The van der Waals surface area contributed by atoms with Crippen molar-refractivity contribution < 1.29 is 27.8 Å². The van der Waals surface area contributed by atoms with Gasteiger partial charge in [0.15, 0.2) is 5.17 Å². The molecule has 3 aromatic carbocycles. The van der Waals surface area contributed by atoms with Crippen LogP contribution in [0.1, 0.15) is 18.9 Å². The molecular formula is C27H24ClF2N3O4S. The molecule has 1 aliphatic rings. The van der Waals surface area contributed by atoms with Gasteiger partial charge >= 0.3 is 5.57 Å². The zero-order valence-electron chi connectivity index (χ0n) is 20.3. The molecule has 198 valence electrons. The second-order valence-electron chi connectivity index (χ2n) is 8.16. The number of rotatable bonds is 9. The van der Waals surface area contributed by atoms with Crippen LogP contribution in [0, 0.1) is 0 Å². The number of benzene rings is 3. The molecule has 38 heavy (non-hydrogen) atoms. The number of aliphatic imine (C=N–C) groups is 1. The summed E-state index contributed by atoms with van der Waals surface area (Å²) >= 11 is 5.98. The first kappa shape index (κ1) is 27.4. The number of ether oxygens (including phenoxy) is 2. The van der Waals surface area contributed by atoms with Gasteiger partial charge in [0.2, 0.25) is 11.8 Å². The fourth-order valence-electron chi connectivity index (χ4n) is 3.65. The van der Waals surface area contributed by atoms with Gasteiger partial charge in [0.1, 0.15) is 16.7 Å². The van der Waals surface area contributed by atoms with E-state index in [1.807, 2.05) is 37.3 Å². The Hall–Kier alpha value is -3.63. The smallest absolute Gasteiger partial charge is 0.487 e. The summed E-state index contributed by atoms with van der Waals surface area (Å²) in [4.78, 5) is 32.4. The lowest BCUT2D eigenvalue weighted by atomic mass is 10.2. The number of anilines is 1. The van der Waals surface area contributed by atoms with Gasteiger partial charge in [-0.05, 0) is 48.9 Å². The standard InChI is InChI=1S/C27H24ClF2N3O4S/c1-2-36-22-10-6-9-20(15-22)31-25(35)23-16-24(34)33(17-18-7-4-3-5-8-18)26(38-23)32-19-11-13-21(14-12-19)37-27(28,29)30/h3-15,23H,2,16-17H2,1H3,(H,31,35)/t23-/m1/s1. The van der Waals surface area contributed by atoms with Crippen molar-refractivity contribution in [2.24, 2.45) is 4.99 Å². The third-order valence-electron chi connectivity index (χ3n) is 5.32. The fraction of sp³-hybridized carbons (Fsp3) is 0.222. The monoisotopic (exact) mass is 559 g/mol. The van der Waals surface area contributed by atoms with Crippen LogP contribution in [-0.2, 0) is 16.1 Å². The number of carbonyl (C=O) groups excluding carboxylic acids is 2. The second-order valence-corrected chi connectivity index (χ2v) is 9.77. The van der Waals surface area contributed by atoms with Gasteiger partial charge < -0.3 is 14.8 Å². The maximum absolute atomic E-state index is 13.2. The van der Waals surface area contributed by atoms with Crippen LogP contribution in [0.4, 0.5) is 20.2 Å². The first-order valence-electron chi connectivity index (χ1n) is 11.7. The summed E-state index contributed by atoms with van der Waals surface area (Å²) in [5.41, 5.74) is -2.02. The summed E-state index contributed by atoms with van der Waals surface area (Å²) in [5.74, 6) is -0.143. The molecule has 4 rings (SSSR count). The molecule has 1 N–H and O–H groups in total. The summed E-state index contributed by atoms with van der Waals surface area (Å²) in [6, 6.07) is 21.9. The van der Waals surface area contributed by atoms with Crippen LogP contribution >= 0.6 is 23.4 Å². The van der Waals surface area contributed by atoms with E-state index in [2.05, 4.69) is 15.0 Å². The molecule has 1 heterocycles. The minimum Gasteiger partial charge on any atom is -0.494 e. The van der Waals surface area contributed by atoms with Crippen molar-refractivity contribution >= 4 is 51.7 Å². The highest BCUT2D eigenvalue weighted by Gasteiger charge is 2.36. The Morgan fingerprint density at radius 3 is 2.53 bits per heavy atom. The van der Waals surface area contributed by atoms with Crippen LogP contribution in [0.15, 0.2) is 83.9 Å². The van der Waals surface area contributed by atoms with Crippen molar-refractivity contribution in [1.82, 2.24) is 4.90 Å². The third kappa shape index (κ3) is 7.69. The van der Waals surface area contributed by atoms with E-state index in [0.29, 0.717) is 28.9 Å². The van der Waals surface area contributed by atoms with Gasteiger partial charge in [-0.15, -0.1) is 8.78 Å². The summed E-state index contributed by atoms with van der Waals surface area (Å²) in [7, 11) is 0. The molecular weight excluding hydrogens is 536 g/mol. The van der Waals surface area contributed by atoms with E-state index < -0.39 is 10.8 Å². The number of hydrogen-bond acceptors (Lipinski definition) is 6. The van der Waals surface area contributed by atoms with Crippen LogP contribution in [0.5, 0.6) is 11.5 Å². The number of amides is 2. The molecule has 0 unspecified atom stereocenters. The SMILES string of the molecule is CCOc1cccc(NC(=O)[C@H]2CC(=O)N(Cc3ccccc3)C(=Nc3ccc(OC(F)(F)Cl)cc3)S2)c1. The number of alkyl halides is 3. The minimum atomic E-state index is -3.84. The van der Waals surface area contributed by atoms with E-state index in [9.17, 15) is 18.4 Å². The Morgan fingerprint density at radius 1 is 1.11 bits per heavy atom. The predicted octanol–water partition coefficient (Wildman–Crippen LogP) is 6.41. The summed E-state index contributed by atoms with van der Waals surface area (Å²) in [6.45, 7) is 2.62. The number of amidine groups is 1. The van der Waals surface area contributed by atoms with E-state index in [1.54, 1.807) is 24.3 Å². The highest BCUT2D eigenvalue weighted by molar-refractivity contribution is 8.15. The molecule has 0 spiro atoms. The lowest BCUT2D eigenvalue weighted by Gasteiger charge is -2.32. The van der Waals surface area contributed by atoms with Crippen LogP contribution in [-0.4, -0.2) is 39.3 Å². The number of nitrogens with zero attached hydrogens (tertiary/aromatic N) is 2. The van der Waals surface area contributed by atoms with Crippen molar-refractivity contribution in [2.75, 3.05) is 11.9 Å². The topological polar surface area (TPSA) is 80.2 Å². The van der Waals surface area contributed by atoms with Gasteiger partial charge in [0.25, 0.3) is 0 Å². The Balaban J connectivity index is 1.57.